The third-order valence-electron chi connectivity index (χ3n) is 2.11. The number of aromatic carboxylic acids is 1. The Morgan fingerprint density at radius 1 is 1.50 bits per heavy atom. The Bertz CT molecular complexity index is 650. The van der Waals surface area contributed by atoms with E-state index in [1.165, 1.54) is 17.9 Å². The summed E-state index contributed by atoms with van der Waals surface area (Å²) in [6, 6.07) is 0. The molecule has 0 unspecified atom stereocenters. The summed E-state index contributed by atoms with van der Waals surface area (Å²) in [7, 11) is 1.50. The quantitative estimate of drug-likeness (QED) is 0.791. The second-order valence-electron chi connectivity index (χ2n) is 3.15. The number of pyridine rings is 1. The van der Waals surface area contributed by atoms with Crippen LogP contribution in [-0.2, 0) is 7.05 Å². The normalized spacial score (nSPS) is 10.6. The number of fused-ring (bicyclic) bond motifs is 1. The van der Waals surface area contributed by atoms with Crippen molar-refractivity contribution in [2.24, 2.45) is 7.05 Å². The van der Waals surface area contributed by atoms with Gasteiger partial charge in [0.1, 0.15) is 5.39 Å². The first-order valence-electron chi connectivity index (χ1n) is 4.25. The highest BCUT2D eigenvalue weighted by atomic mass is 35.5. The maximum Gasteiger partial charge on any atom is 0.338 e. The van der Waals surface area contributed by atoms with Crippen LogP contribution in [0.15, 0.2) is 17.3 Å². The molecule has 2 heterocycles. The Morgan fingerprint density at radius 3 is 2.81 bits per heavy atom. The fraction of sp³-hybridized carbons (Fsp3) is 0.111. The maximum absolute atomic E-state index is 11.7. The van der Waals surface area contributed by atoms with Crippen molar-refractivity contribution in [1.29, 1.82) is 0 Å². The van der Waals surface area contributed by atoms with E-state index in [0.29, 0.717) is 0 Å². The first-order valence-corrected chi connectivity index (χ1v) is 4.63. The van der Waals surface area contributed by atoms with Gasteiger partial charge in [-0.05, 0) is 0 Å². The Morgan fingerprint density at radius 2 is 2.19 bits per heavy atom. The van der Waals surface area contributed by atoms with Gasteiger partial charge < -0.3 is 9.67 Å². The molecule has 7 heteroatoms. The molecule has 0 saturated carbocycles. The molecule has 2 aromatic rings. The lowest BCUT2D eigenvalue weighted by Crippen LogP contribution is -2.18. The molecule has 0 radical (unpaired) electrons. The van der Waals surface area contributed by atoms with Gasteiger partial charge >= 0.3 is 5.97 Å². The molecular weight excluding hydrogens is 234 g/mol. The number of carboxylic acid groups (broad SMARTS) is 1. The van der Waals surface area contributed by atoms with Crippen molar-refractivity contribution >= 4 is 28.6 Å². The van der Waals surface area contributed by atoms with Crippen LogP contribution >= 0.6 is 11.6 Å². The minimum absolute atomic E-state index is 0.0200. The molecular formula is C9H6ClN3O3. The maximum atomic E-state index is 11.7. The topological polar surface area (TPSA) is 85.1 Å². The van der Waals surface area contributed by atoms with Gasteiger partial charge in [0.05, 0.1) is 16.9 Å². The van der Waals surface area contributed by atoms with Crippen molar-refractivity contribution in [3.05, 3.63) is 33.5 Å². The molecule has 2 rings (SSSR count). The van der Waals surface area contributed by atoms with Crippen LogP contribution < -0.4 is 5.56 Å². The fourth-order valence-corrected chi connectivity index (χ4v) is 1.58. The largest absolute Gasteiger partial charge is 0.478 e. The van der Waals surface area contributed by atoms with E-state index >= 15 is 0 Å². The Kier molecular flexibility index (Phi) is 2.35. The lowest BCUT2D eigenvalue weighted by Gasteiger charge is -2.03. The molecule has 0 bridgehead atoms. The zero-order chi connectivity index (χ0) is 11.9. The summed E-state index contributed by atoms with van der Waals surface area (Å²) in [6.07, 6.45) is 2.38. The number of rotatable bonds is 1. The van der Waals surface area contributed by atoms with Gasteiger partial charge in [0.2, 0.25) is 0 Å². The van der Waals surface area contributed by atoms with Crippen molar-refractivity contribution in [3.63, 3.8) is 0 Å². The second-order valence-corrected chi connectivity index (χ2v) is 3.53. The van der Waals surface area contributed by atoms with E-state index in [-0.39, 0.29) is 21.6 Å². The number of hydrogen-bond donors (Lipinski definition) is 1. The smallest absolute Gasteiger partial charge is 0.338 e. The van der Waals surface area contributed by atoms with E-state index in [4.69, 9.17) is 16.7 Å². The number of aromatic nitrogens is 3. The molecule has 0 aliphatic heterocycles. The number of carbonyl (C=O) groups is 1. The summed E-state index contributed by atoms with van der Waals surface area (Å²) in [5.74, 6) is -1.23. The lowest BCUT2D eigenvalue weighted by molar-refractivity contribution is 0.0697. The standard InChI is InChI=1S/C9H6ClN3O3/c1-13-3-12-7-5(8(13)14)6(10)4(2-11-7)9(15)16/h2-3H,1H3,(H,15,16). The van der Waals surface area contributed by atoms with Crippen LogP contribution in [0.2, 0.25) is 5.02 Å². The number of nitrogens with zero attached hydrogens (tertiary/aromatic N) is 3. The SMILES string of the molecule is Cn1cnc2ncc(C(=O)O)c(Cl)c2c1=O. The lowest BCUT2D eigenvalue weighted by atomic mass is 10.2. The summed E-state index contributed by atoms with van der Waals surface area (Å²) in [4.78, 5) is 30.2. The van der Waals surface area contributed by atoms with E-state index in [0.717, 1.165) is 6.20 Å². The second kappa shape index (κ2) is 3.57. The Hall–Kier alpha value is -1.95. The predicted molar refractivity (Wildman–Crippen MR) is 56.7 cm³/mol. The third-order valence-corrected chi connectivity index (χ3v) is 2.51. The average Bonchev–Trinajstić information content (AvgIpc) is 2.23. The molecule has 0 spiro atoms. The van der Waals surface area contributed by atoms with Crippen LogP contribution in [-0.4, -0.2) is 25.6 Å². The molecule has 16 heavy (non-hydrogen) atoms. The van der Waals surface area contributed by atoms with Crippen LogP contribution in [0.3, 0.4) is 0 Å². The van der Waals surface area contributed by atoms with Gasteiger partial charge in [-0.15, -0.1) is 0 Å². The highest BCUT2D eigenvalue weighted by Crippen LogP contribution is 2.21. The summed E-state index contributed by atoms with van der Waals surface area (Å²) < 4.78 is 1.21. The van der Waals surface area contributed by atoms with E-state index in [1.807, 2.05) is 0 Å². The molecule has 2 aromatic heterocycles. The number of aryl methyl sites for hydroxylation is 1. The zero-order valence-corrected chi connectivity index (χ0v) is 8.89. The van der Waals surface area contributed by atoms with Crippen LogP contribution in [0, 0.1) is 0 Å². The molecule has 0 aliphatic carbocycles. The molecule has 0 aromatic carbocycles. The molecule has 0 aliphatic rings. The molecule has 0 saturated heterocycles. The molecule has 0 atom stereocenters. The molecule has 6 nitrogen and oxygen atoms in total. The van der Waals surface area contributed by atoms with Crippen molar-refractivity contribution in [2.75, 3.05) is 0 Å². The summed E-state index contributed by atoms with van der Waals surface area (Å²) in [5, 5.41) is 8.72. The highest BCUT2D eigenvalue weighted by Gasteiger charge is 2.16. The predicted octanol–water partition coefficient (Wildman–Crippen LogP) is 0.680. The van der Waals surface area contributed by atoms with Crippen LogP contribution in [0.1, 0.15) is 10.4 Å². The first-order chi connectivity index (χ1) is 7.52. The van der Waals surface area contributed by atoms with Crippen LogP contribution in [0.25, 0.3) is 11.0 Å². The first kappa shape index (κ1) is 10.6. The molecule has 0 fully saturated rings. The van der Waals surface area contributed by atoms with Crippen LogP contribution in [0.5, 0.6) is 0 Å². The van der Waals surface area contributed by atoms with Gasteiger partial charge in [-0.1, -0.05) is 11.6 Å². The van der Waals surface area contributed by atoms with Crippen molar-refractivity contribution in [3.8, 4) is 0 Å². The van der Waals surface area contributed by atoms with Crippen molar-refractivity contribution in [2.45, 2.75) is 0 Å². The zero-order valence-electron chi connectivity index (χ0n) is 8.14. The summed E-state index contributed by atoms with van der Waals surface area (Å²) in [6.45, 7) is 0. The summed E-state index contributed by atoms with van der Waals surface area (Å²) in [5.41, 5.74) is -0.497. The van der Waals surface area contributed by atoms with Crippen LogP contribution in [0.4, 0.5) is 0 Å². The van der Waals surface area contributed by atoms with Crippen molar-refractivity contribution in [1.82, 2.24) is 14.5 Å². The highest BCUT2D eigenvalue weighted by molar-refractivity contribution is 6.37. The Labute approximate surface area is 94.1 Å². The van der Waals surface area contributed by atoms with Gasteiger partial charge in [0, 0.05) is 13.2 Å². The average molecular weight is 240 g/mol. The monoisotopic (exact) mass is 239 g/mol. The number of hydrogen-bond acceptors (Lipinski definition) is 4. The molecule has 0 amide bonds. The van der Waals surface area contributed by atoms with E-state index < -0.39 is 11.5 Å². The van der Waals surface area contributed by atoms with Crippen molar-refractivity contribution < 1.29 is 9.90 Å². The fourth-order valence-electron chi connectivity index (χ4n) is 1.29. The van der Waals surface area contributed by atoms with Gasteiger partial charge in [-0.2, -0.15) is 0 Å². The van der Waals surface area contributed by atoms with E-state index in [2.05, 4.69) is 9.97 Å². The molecule has 1 N–H and O–H groups in total. The minimum Gasteiger partial charge on any atom is -0.478 e. The van der Waals surface area contributed by atoms with E-state index in [9.17, 15) is 9.59 Å². The van der Waals surface area contributed by atoms with Gasteiger partial charge in [0.25, 0.3) is 5.56 Å². The van der Waals surface area contributed by atoms with E-state index in [1.54, 1.807) is 0 Å². The van der Waals surface area contributed by atoms with Gasteiger partial charge in [-0.3, -0.25) is 4.79 Å². The third kappa shape index (κ3) is 1.43. The number of halogens is 1. The Balaban J connectivity index is 2.98. The van der Waals surface area contributed by atoms with Gasteiger partial charge in [-0.25, -0.2) is 14.8 Å². The summed E-state index contributed by atoms with van der Waals surface area (Å²) >= 11 is 5.84. The molecule has 82 valence electrons. The minimum atomic E-state index is -1.23. The number of carboxylic acids is 1. The van der Waals surface area contributed by atoms with Gasteiger partial charge in [0.15, 0.2) is 5.65 Å².